The van der Waals surface area contributed by atoms with Crippen LogP contribution in [0.3, 0.4) is 0 Å². The van der Waals surface area contributed by atoms with Gasteiger partial charge in [-0.1, -0.05) is 37.3 Å². The van der Waals surface area contributed by atoms with Crippen molar-refractivity contribution >= 4 is 12.3 Å². The summed E-state index contributed by atoms with van der Waals surface area (Å²) in [6.07, 6.45) is 2.90. The third-order valence-corrected chi connectivity index (χ3v) is 3.06. The second-order valence-corrected chi connectivity index (χ2v) is 4.56. The standard InChI is InChI=1S/C14H18O3/c1-14(11-13(16)17,9-5-6-10-15)12-7-3-2-4-8-12/h2-4,7-8,10H,5-6,9,11H2,1H3,(H,16,17). The molecule has 0 aliphatic rings. The van der Waals surface area contributed by atoms with Crippen LogP contribution in [0.1, 0.15) is 38.2 Å². The molecule has 3 nitrogen and oxygen atoms in total. The van der Waals surface area contributed by atoms with Crippen LogP contribution in [0.4, 0.5) is 0 Å². The molecule has 0 aromatic heterocycles. The monoisotopic (exact) mass is 234 g/mol. The van der Waals surface area contributed by atoms with Crippen molar-refractivity contribution in [2.75, 3.05) is 0 Å². The van der Waals surface area contributed by atoms with Gasteiger partial charge in [0.05, 0.1) is 6.42 Å². The maximum Gasteiger partial charge on any atom is 0.304 e. The van der Waals surface area contributed by atoms with Crippen LogP contribution < -0.4 is 0 Å². The van der Waals surface area contributed by atoms with Crippen LogP contribution in [0, 0.1) is 0 Å². The highest BCUT2D eigenvalue weighted by atomic mass is 16.4. The molecule has 0 saturated heterocycles. The number of carboxylic acid groups (broad SMARTS) is 1. The topological polar surface area (TPSA) is 54.4 Å². The number of unbranched alkanes of at least 4 members (excludes halogenated alkanes) is 1. The first kappa shape index (κ1) is 13.4. The Bertz CT molecular complexity index is 372. The predicted molar refractivity (Wildman–Crippen MR) is 66.0 cm³/mol. The van der Waals surface area contributed by atoms with Gasteiger partial charge < -0.3 is 9.90 Å². The minimum Gasteiger partial charge on any atom is -0.481 e. The van der Waals surface area contributed by atoms with Crippen molar-refractivity contribution in [1.29, 1.82) is 0 Å². The number of aldehydes is 1. The molecule has 1 rings (SSSR count). The van der Waals surface area contributed by atoms with Crippen molar-refractivity contribution in [3.63, 3.8) is 0 Å². The van der Waals surface area contributed by atoms with Crippen molar-refractivity contribution in [2.24, 2.45) is 0 Å². The number of hydrogen-bond donors (Lipinski definition) is 1. The average Bonchev–Trinajstić information content (AvgIpc) is 2.29. The quantitative estimate of drug-likeness (QED) is 0.583. The molecule has 3 heteroatoms. The van der Waals surface area contributed by atoms with Crippen LogP contribution >= 0.6 is 0 Å². The molecular weight excluding hydrogens is 216 g/mol. The first-order chi connectivity index (χ1) is 8.08. The summed E-state index contributed by atoms with van der Waals surface area (Å²) in [6, 6.07) is 9.63. The summed E-state index contributed by atoms with van der Waals surface area (Å²) in [6.45, 7) is 1.95. The van der Waals surface area contributed by atoms with Gasteiger partial charge in [0.1, 0.15) is 6.29 Å². The van der Waals surface area contributed by atoms with Crippen LogP contribution in [0.25, 0.3) is 0 Å². The minimum atomic E-state index is -0.803. The van der Waals surface area contributed by atoms with Crippen LogP contribution in [-0.4, -0.2) is 17.4 Å². The maximum atomic E-state index is 11.0. The summed E-state index contributed by atoms with van der Waals surface area (Å²) < 4.78 is 0. The van der Waals surface area contributed by atoms with Gasteiger partial charge in [-0.2, -0.15) is 0 Å². The van der Waals surface area contributed by atoms with E-state index in [-0.39, 0.29) is 6.42 Å². The Morgan fingerprint density at radius 3 is 2.53 bits per heavy atom. The lowest BCUT2D eigenvalue weighted by molar-refractivity contribution is -0.138. The van der Waals surface area contributed by atoms with Gasteiger partial charge in [-0.3, -0.25) is 4.79 Å². The third kappa shape index (κ3) is 4.02. The molecule has 1 unspecified atom stereocenters. The number of carbonyl (C=O) groups is 2. The lowest BCUT2D eigenvalue weighted by Crippen LogP contribution is -2.25. The van der Waals surface area contributed by atoms with Gasteiger partial charge in [-0.15, -0.1) is 0 Å². The number of carboxylic acids is 1. The van der Waals surface area contributed by atoms with Crippen molar-refractivity contribution in [3.8, 4) is 0 Å². The summed E-state index contributed by atoms with van der Waals surface area (Å²) in [5.74, 6) is -0.803. The second kappa shape index (κ2) is 6.18. The van der Waals surface area contributed by atoms with E-state index in [1.165, 1.54) is 0 Å². The summed E-state index contributed by atoms with van der Waals surface area (Å²) in [4.78, 5) is 21.3. The van der Waals surface area contributed by atoms with E-state index >= 15 is 0 Å². The van der Waals surface area contributed by atoms with E-state index in [9.17, 15) is 9.59 Å². The highest BCUT2D eigenvalue weighted by molar-refractivity contribution is 5.69. The highest BCUT2D eigenvalue weighted by Crippen LogP contribution is 2.32. The molecule has 1 aromatic rings. The van der Waals surface area contributed by atoms with Crippen molar-refractivity contribution < 1.29 is 14.7 Å². The molecule has 0 aliphatic carbocycles. The fraction of sp³-hybridized carbons (Fsp3) is 0.429. The molecule has 0 radical (unpaired) electrons. The van der Waals surface area contributed by atoms with Crippen molar-refractivity contribution in [1.82, 2.24) is 0 Å². The summed E-state index contributed by atoms with van der Waals surface area (Å²) in [5, 5.41) is 9.00. The van der Waals surface area contributed by atoms with Gasteiger partial charge in [0.25, 0.3) is 0 Å². The summed E-state index contributed by atoms with van der Waals surface area (Å²) in [7, 11) is 0. The number of benzene rings is 1. The zero-order valence-electron chi connectivity index (χ0n) is 10.1. The van der Waals surface area contributed by atoms with E-state index < -0.39 is 11.4 Å². The largest absolute Gasteiger partial charge is 0.481 e. The minimum absolute atomic E-state index is 0.0931. The van der Waals surface area contributed by atoms with Gasteiger partial charge in [-0.05, 0) is 18.4 Å². The molecular formula is C14H18O3. The molecule has 17 heavy (non-hydrogen) atoms. The van der Waals surface area contributed by atoms with Gasteiger partial charge in [0, 0.05) is 11.8 Å². The Hall–Kier alpha value is -1.64. The van der Waals surface area contributed by atoms with Crippen LogP contribution in [0.2, 0.25) is 0 Å². The Morgan fingerprint density at radius 2 is 2.00 bits per heavy atom. The molecule has 0 heterocycles. The molecule has 0 saturated carbocycles. The second-order valence-electron chi connectivity index (χ2n) is 4.56. The Labute approximate surface area is 101 Å². The maximum absolute atomic E-state index is 11.0. The first-order valence-corrected chi connectivity index (χ1v) is 5.79. The third-order valence-electron chi connectivity index (χ3n) is 3.06. The molecule has 92 valence electrons. The first-order valence-electron chi connectivity index (χ1n) is 5.79. The summed E-state index contributed by atoms with van der Waals surface area (Å²) in [5.41, 5.74) is 0.629. The zero-order valence-corrected chi connectivity index (χ0v) is 10.1. The van der Waals surface area contributed by atoms with E-state index in [0.29, 0.717) is 12.8 Å². The predicted octanol–water partition coefficient (Wildman–Crippen LogP) is 2.79. The number of hydrogen-bond acceptors (Lipinski definition) is 2. The van der Waals surface area contributed by atoms with Gasteiger partial charge in [0.15, 0.2) is 0 Å². The Kier molecular flexibility index (Phi) is 4.88. The molecule has 0 bridgehead atoms. The van der Waals surface area contributed by atoms with E-state index in [1.807, 2.05) is 37.3 Å². The molecule has 1 atom stereocenters. The van der Waals surface area contributed by atoms with Crippen molar-refractivity contribution in [3.05, 3.63) is 35.9 Å². The van der Waals surface area contributed by atoms with Crippen LogP contribution in [-0.2, 0) is 15.0 Å². The highest BCUT2D eigenvalue weighted by Gasteiger charge is 2.28. The lowest BCUT2D eigenvalue weighted by atomic mass is 9.75. The molecule has 0 fully saturated rings. The molecule has 0 aliphatic heterocycles. The molecule has 0 spiro atoms. The smallest absolute Gasteiger partial charge is 0.304 e. The van der Waals surface area contributed by atoms with E-state index in [0.717, 1.165) is 18.3 Å². The molecule has 1 aromatic carbocycles. The van der Waals surface area contributed by atoms with Crippen LogP contribution in [0.5, 0.6) is 0 Å². The molecule has 0 amide bonds. The average molecular weight is 234 g/mol. The van der Waals surface area contributed by atoms with Crippen LogP contribution in [0.15, 0.2) is 30.3 Å². The zero-order chi connectivity index (χ0) is 12.7. The number of rotatable bonds is 7. The normalized spacial score (nSPS) is 13.9. The number of aliphatic carboxylic acids is 1. The van der Waals surface area contributed by atoms with E-state index in [4.69, 9.17) is 5.11 Å². The van der Waals surface area contributed by atoms with E-state index in [2.05, 4.69) is 0 Å². The molecule has 1 N–H and O–H groups in total. The fourth-order valence-corrected chi connectivity index (χ4v) is 2.08. The van der Waals surface area contributed by atoms with Gasteiger partial charge in [0.2, 0.25) is 0 Å². The Morgan fingerprint density at radius 1 is 1.35 bits per heavy atom. The van der Waals surface area contributed by atoms with Gasteiger partial charge in [-0.25, -0.2) is 0 Å². The SMILES string of the molecule is CC(CCCC=O)(CC(=O)O)c1ccccc1. The Balaban J connectivity index is 2.85. The number of carbonyl (C=O) groups excluding carboxylic acids is 1. The summed E-state index contributed by atoms with van der Waals surface area (Å²) >= 11 is 0. The lowest BCUT2D eigenvalue weighted by Gasteiger charge is -2.28. The van der Waals surface area contributed by atoms with Gasteiger partial charge >= 0.3 is 5.97 Å². The van der Waals surface area contributed by atoms with E-state index in [1.54, 1.807) is 0 Å². The van der Waals surface area contributed by atoms with Crippen molar-refractivity contribution in [2.45, 2.75) is 38.0 Å². The fourth-order valence-electron chi connectivity index (χ4n) is 2.08.